The van der Waals surface area contributed by atoms with Crippen molar-refractivity contribution in [1.82, 2.24) is 0 Å². The van der Waals surface area contributed by atoms with Gasteiger partial charge in [-0.25, -0.2) is 0 Å². The van der Waals surface area contributed by atoms with E-state index in [0.717, 1.165) is 28.9 Å². The highest BCUT2D eigenvalue weighted by molar-refractivity contribution is 5.52. The van der Waals surface area contributed by atoms with E-state index in [2.05, 4.69) is 20.8 Å². The van der Waals surface area contributed by atoms with Crippen molar-refractivity contribution in [1.29, 1.82) is 0 Å². The van der Waals surface area contributed by atoms with Crippen molar-refractivity contribution in [2.45, 2.75) is 33.6 Å². The molecule has 0 heterocycles. The molecule has 24 heavy (non-hydrogen) atoms. The van der Waals surface area contributed by atoms with Crippen LogP contribution in [-0.2, 0) is 12.8 Å². The molecule has 0 unspecified atom stereocenters. The molecular formula is C19H23NO4. The summed E-state index contributed by atoms with van der Waals surface area (Å²) in [6.07, 6.45) is 1.29. The van der Waals surface area contributed by atoms with Crippen LogP contribution in [0.15, 0.2) is 36.4 Å². The molecule has 128 valence electrons. The topological polar surface area (TPSA) is 72.6 Å². The molecule has 0 amide bonds. The average molecular weight is 329 g/mol. The second-order valence-electron chi connectivity index (χ2n) is 7.13. The zero-order valence-corrected chi connectivity index (χ0v) is 14.5. The van der Waals surface area contributed by atoms with E-state index in [0.29, 0.717) is 6.42 Å². The van der Waals surface area contributed by atoms with Crippen LogP contribution in [0.2, 0.25) is 0 Å². The molecule has 5 heteroatoms. The Morgan fingerprint density at radius 2 is 1.75 bits per heavy atom. The number of hydrogen-bond acceptors (Lipinski definition) is 4. The number of rotatable bonds is 5. The minimum Gasteiger partial charge on any atom is -0.502 e. The number of phenolic OH excluding ortho intramolecular Hbond substituents is 1. The van der Waals surface area contributed by atoms with Crippen LogP contribution in [0, 0.1) is 15.5 Å². The molecule has 0 saturated heterocycles. The molecule has 1 N–H and O–H groups in total. The molecule has 0 saturated carbocycles. The summed E-state index contributed by atoms with van der Waals surface area (Å²) in [4.78, 5) is 10.6. The quantitative estimate of drug-likeness (QED) is 0.648. The third-order valence-electron chi connectivity index (χ3n) is 3.77. The second kappa shape index (κ2) is 6.91. The monoisotopic (exact) mass is 329 g/mol. The summed E-state index contributed by atoms with van der Waals surface area (Å²) in [5.41, 5.74) is 2.58. The molecular weight excluding hydrogens is 306 g/mol. The van der Waals surface area contributed by atoms with Crippen molar-refractivity contribution in [3.63, 3.8) is 0 Å². The summed E-state index contributed by atoms with van der Waals surface area (Å²) in [5, 5.41) is 21.1. The van der Waals surface area contributed by atoms with Gasteiger partial charge in [-0.3, -0.25) is 10.1 Å². The van der Waals surface area contributed by atoms with Crippen LogP contribution >= 0.6 is 0 Å². The van der Waals surface area contributed by atoms with Crippen molar-refractivity contribution < 1.29 is 14.8 Å². The molecule has 0 aliphatic heterocycles. The summed E-state index contributed by atoms with van der Waals surface area (Å²) in [6.45, 7) is 6.30. The zero-order chi connectivity index (χ0) is 17.9. The first-order valence-electron chi connectivity index (χ1n) is 7.82. The van der Waals surface area contributed by atoms with Gasteiger partial charge < -0.3 is 9.84 Å². The van der Waals surface area contributed by atoms with Gasteiger partial charge in [-0.2, -0.15) is 0 Å². The van der Waals surface area contributed by atoms with E-state index >= 15 is 0 Å². The van der Waals surface area contributed by atoms with E-state index in [1.54, 1.807) is 7.11 Å². The SMILES string of the molecule is COc1ccc(Cc2cc([N+](=O)[O-])c(O)cc2CC(C)(C)C)cc1. The van der Waals surface area contributed by atoms with Crippen molar-refractivity contribution in [3.8, 4) is 11.5 Å². The predicted octanol–water partition coefficient (Wildman–Crippen LogP) is 4.49. The largest absolute Gasteiger partial charge is 0.502 e. The Bertz CT molecular complexity index is 730. The number of aromatic hydroxyl groups is 1. The Labute approximate surface area is 142 Å². The summed E-state index contributed by atoms with van der Waals surface area (Å²) >= 11 is 0. The smallest absolute Gasteiger partial charge is 0.310 e. The molecule has 0 bridgehead atoms. The van der Waals surface area contributed by atoms with Crippen LogP contribution in [0.1, 0.15) is 37.5 Å². The molecule has 0 atom stereocenters. The Balaban J connectivity index is 2.43. The highest BCUT2D eigenvalue weighted by Gasteiger charge is 2.21. The molecule has 0 aliphatic carbocycles. The number of benzene rings is 2. The van der Waals surface area contributed by atoms with Crippen molar-refractivity contribution in [2.24, 2.45) is 5.41 Å². The molecule has 0 radical (unpaired) electrons. The molecule has 0 fully saturated rings. The average Bonchev–Trinajstić information content (AvgIpc) is 2.48. The molecule has 2 rings (SSSR count). The Morgan fingerprint density at radius 3 is 2.25 bits per heavy atom. The standard InChI is InChI=1S/C19H23NO4/c1-19(2,3)12-15-11-18(21)17(20(22)23)10-14(15)9-13-5-7-16(24-4)8-6-13/h5-8,10-11,21H,9,12H2,1-4H3. The van der Waals surface area contributed by atoms with Crippen LogP contribution in [-0.4, -0.2) is 17.1 Å². The number of methoxy groups -OCH3 is 1. The molecule has 0 spiro atoms. The van der Waals surface area contributed by atoms with Crippen molar-refractivity contribution >= 4 is 5.69 Å². The van der Waals surface area contributed by atoms with Gasteiger partial charge in [0.2, 0.25) is 0 Å². The van der Waals surface area contributed by atoms with Gasteiger partial charge in [-0.05, 0) is 53.1 Å². The van der Waals surface area contributed by atoms with Crippen molar-refractivity contribution in [2.75, 3.05) is 7.11 Å². The lowest BCUT2D eigenvalue weighted by molar-refractivity contribution is -0.385. The Kier molecular flexibility index (Phi) is 5.12. The van der Waals surface area contributed by atoms with E-state index in [1.165, 1.54) is 12.1 Å². The molecule has 2 aromatic rings. The third kappa shape index (κ3) is 4.47. The van der Waals surface area contributed by atoms with Gasteiger partial charge in [-0.1, -0.05) is 32.9 Å². The lowest BCUT2D eigenvalue weighted by atomic mass is 9.84. The lowest BCUT2D eigenvalue weighted by Gasteiger charge is -2.21. The van der Waals surface area contributed by atoms with Gasteiger partial charge in [0.05, 0.1) is 12.0 Å². The molecule has 5 nitrogen and oxygen atoms in total. The lowest BCUT2D eigenvalue weighted by Crippen LogP contribution is -2.11. The Morgan fingerprint density at radius 1 is 1.12 bits per heavy atom. The molecule has 2 aromatic carbocycles. The fraction of sp³-hybridized carbons (Fsp3) is 0.368. The summed E-state index contributed by atoms with van der Waals surface area (Å²) in [5.74, 6) is 0.489. The third-order valence-corrected chi connectivity index (χ3v) is 3.77. The maximum absolute atomic E-state index is 11.1. The highest BCUT2D eigenvalue weighted by Crippen LogP contribution is 2.34. The first kappa shape index (κ1) is 17.8. The second-order valence-corrected chi connectivity index (χ2v) is 7.13. The fourth-order valence-corrected chi connectivity index (χ4v) is 2.67. The number of nitro benzene ring substituents is 1. The summed E-state index contributed by atoms with van der Waals surface area (Å²) in [6, 6.07) is 10.6. The van der Waals surface area contributed by atoms with Gasteiger partial charge in [0.25, 0.3) is 0 Å². The maximum atomic E-state index is 11.1. The zero-order valence-electron chi connectivity index (χ0n) is 14.5. The van der Waals surface area contributed by atoms with Gasteiger partial charge in [0, 0.05) is 6.07 Å². The fourth-order valence-electron chi connectivity index (χ4n) is 2.67. The predicted molar refractivity (Wildman–Crippen MR) is 93.7 cm³/mol. The van der Waals surface area contributed by atoms with Gasteiger partial charge in [0.15, 0.2) is 5.75 Å². The number of phenols is 1. The number of nitro groups is 1. The Hall–Kier alpha value is -2.56. The minimum absolute atomic E-state index is 0.0111. The normalized spacial score (nSPS) is 11.3. The van der Waals surface area contributed by atoms with Crippen LogP contribution in [0.5, 0.6) is 11.5 Å². The van der Waals surface area contributed by atoms with E-state index in [4.69, 9.17) is 4.74 Å². The number of hydrogen-bond donors (Lipinski definition) is 1. The van der Waals surface area contributed by atoms with Crippen LogP contribution in [0.3, 0.4) is 0 Å². The van der Waals surface area contributed by atoms with E-state index in [9.17, 15) is 15.2 Å². The van der Waals surface area contributed by atoms with Crippen LogP contribution in [0.25, 0.3) is 0 Å². The minimum atomic E-state index is -0.548. The van der Waals surface area contributed by atoms with E-state index in [1.807, 2.05) is 24.3 Å². The van der Waals surface area contributed by atoms with E-state index < -0.39 is 4.92 Å². The highest BCUT2D eigenvalue weighted by atomic mass is 16.6. The first-order chi connectivity index (χ1) is 11.2. The van der Waals surface area contributed by atoms with Gasteiger partial charge in [0.1, 0.15) is 5.75 Å². The summed E-state index contributed by atoms with van der Waals surface area (Å²) in [7, 11) is 1.61. The number of nitrogens with zero attached hydrogens (tertiary/aromatic N) is 1. The van der Waals surface area contributed by atoms with Gasteiger partial charge in [-0.15, -0.1) is 0 Å². The first-order valence-corrected chi connectivity index (χ1v) is 7.82. The van der Waals surface area contributed by atoms with E-state index in [-0.39, 0.29) is 16.9 Å². The van der Waals surface area contributed by atoms with Crippen molar-refractivity contribution in [3.05, 3.63) is 63.2 Å². The van der Waals surface area contributed by atoms with Crippen LogP contribution in [0.4, 0.5) is 5.69 Å². The molecule has 0 aromatic heterocycles. The number of ether oxygens (including phenoxy) is 1. The molecule has 0 aliphatic rings. The van der Waals surface area contributed by atoms with Crippen LogP contribution < -0.4 is 4.74 Å². The van der Waals surface area contributed by atoms with Gasteiger partial charge >= 0.3 is 5.69 Å². The maximum Gasteiger partial charge on any atom is 0.310 e. The summed E-state index contributed by atoms with van der Waals surface area (Å²) < 4.78 is 5.15.